The third-order valence-corrected chi connectivity index (χ3v) is 2.83. The monoisotopic (exact) mass is 188 g/mol. The summed E-state index contributed by atoms with van der Waals surface area (Å²) in [6.07, 6.45) is 2.14. The Bertz CT molecular complexity index is 118. The van der Waals surface area contributed by atoms with E-state index in [1.165, 1.54) is 0 Å². The topological polar surface area (TPSA) is 49.5 Å². The lowest BCUT2D eigenvalue weighted by Crippen LogP contribution is -2.52. The first-order valence-corrected chi connectivity index (χ1v) is 5.20. The highest BCUT2D eigenvalue weighted by atomic mass is 16.3. The van der Waals surface area contributed by atoms with Crippen molar-refractivity contribution in [1.29, 1.82) is 0 Å². The molecule has 3 nitrogen and oxygen atoms in total. The third kappa shape index (κ3) is 3.63. The van der Waals surface area contributed by atoms with Gasteiger partial charge in [-0.15, -0.1) is 0 Å². The second kappa shape index (κ2) is 6.35. The fourth-order valence-corrected chi connectivity index (χ4v) is 1.54. The molecule has 0 aliphatic heterocycles. The van der Waals surface area contributed by atoms with Crippen molar-refractivity contribution in [2.24, 2.45) is 5.73 Å². The lowest BCUT2D eigenvalue weighted by atomic mass is 9.96. The zero-order chi connectivity index (χ0) is 10.3. The van der Waals surface area contributed by atoms with Gasteiger partial charge in [0, 0.05) is 18.6 Å². The van der Waals surface area contributed by atoms with Crippen LogP contribution < -0.4 is 5.73 Å². The summed E-state index contributed by atoms with van der Waals surface area (Å²) in [7, 11) is 0. The van der Waals surface area contributed by atoms with E-state index in [1.54, 1.807) is 0 Å². The van der Waals surface area contributed by atoms with E-state index in [9.17, 15) is 0 Å². The zero-order valence-electron chi connectivity index (χ0n) is 9.21. The quantitative estimate of drug-likeness (QED) is 0.622. The Hall–Kier alpha value is -0.120. The smallest absolute Gasteiger partial charge is 0.0558 e. The highest BCUT2D eigenvalue weighted by Gasteiger charge is 2.27. The van der Waals surface area contributed by atoms with Gasteiger partial charge in [0.15, 0.2) is 0 Å². The summed E-state index contributed by atoms with van der Waals surface area (Å²) in [4.78, 5) is 2.28. The van der Waals surface area contributed by atoms with Crippen LogP contribution in [0.1, 0.15) is 33.6 Å². The minimum absolute atomic E-state index is 0.0543. The number of hydrogen-bond donors (Lipinski definition) is 2. The molecule has 0 aromatic carbocycles. The molecule has 0 saturated heterocycles. The highest BCUT2D eigenvalue weighted by Crippen LogP contribution is 2.17. The molecule has 0 heterocycles. The van der Waals surface area contributed by atoms with Crippen LogP contribution in [0.15, 0.2) is 0 Å². The van der Waals surface area contributed by atoms with Crippen molar-refractivity contribution in [3.8, 4) is 0 Å². The van der Waals surface area contributed by atoms with Crippen molar-refractivity contribution >= 4 is 0 Å². The molecule has 13 heavy (non-hydrogen) atoms. The number of nitrogens with zero attached hydrogens (tertiary/aromatic N) is 1. The van der Waals surface area contributed by atoms with Gasteiger partial charge < -0.3 is 10.8 Å². The van der Waals surface area contributed by atoms with Gasteiger partial charge in [-0.3, -0.25) is 4.90 Å². The molecule has 0 spiro atoms. The number of β-amino-alcohol motifs (C(OH)–C–C–N with tert-alkyl or cyclic N) is 1. The van der Waals surface area contributed by atoms with E-state index < -0.39 is 0 Å². The van der Waals surface area contributed by atoms with E-state index >= 15 is 0 Å². The van der Waals surface area contributed by atoms with Crippen molar-refractivity contribution in [2.45, 2.75) is 39.2 Å². The highest BCUT2D eigenvalue weighted by molar-refractivity contribution is 4.85. The maximum atomic E-state index is 8.94. The van der Waals surface area contributed by atoms with Gasteiger partial charge in [0.05, 0.1) is 6.61 Å². The van der Waals surface area contributed by atoms with E-state index in [0.29, 0.717) is 6.54 Å². The molecule has 0 aromatic rings. The molecule has 0 aliphatic carbocycles. The lowest BCUT2D eigenvalue weighted by molar-refractivity contribution is 0.0821. The Labute approximate surface area is 81.9 Å². The minimum Gasteiger partial charge on any atom is -0.395 e. The number of hydrogen-bond acceptors (Lipinski definition) is 3. The van der Waals surface area contributed by atoms with Crippen LogP contribution in [0.5, 0.6) is 0 Å². The molecule has 0 aliphatic rings. The van der Waals surface area contributed by atoms with Crippen LogP contribution in [-0.4, -0.2) is 41.8 Å². The van der Waals surface area contributed by atoms with Gasteiger partial charge in [-0.1, -0.05) is 13.8 Å². The average Bonchev–Trinajstić information content (AvgIpc) is 2.16. The van der Waals surface area contributed by atoms with Crippen LogP contribution >= 0.6 is 0 Å². The lowest BCUT2D eigenvalue weighted by Gasteiger charge is -2.39. The van der Waals surface area contributed by atoms with Crippen LogP contribution in [0.3, 0.4) is 0 Å². The Morgan fingerprint density at radius 3 is 2.23 bits per heavy atom. The summed E-state index contributed by atoms with van der Waals surface area (Å²) in [6.45, 7) is 9.08. The normalized spacial score (nSPS) is 16.2. The average molecular weight is 188 g/mol. The molecular formula is C10H24N2O. The molecule has 3 N–H and O–H groups in total. The van der Waals surface area contributed by atoms with Crippen LogP contribution in [0.25, 0.3) is 0 Å². The van der Waals surface area contributed by atoms with E-state index in [0.717, 1.165) is 25.9 Å². The molecule has 1 unspecified atom stereocenters. The van der Waals surface area contributed by atoms with Crippen molar-refractivity contribution in [1.82, 2.24) is 4.90 Å². The van der Waals surface area contributed by atoms with Crippen molar-refractivity contribution in [3.05, 3.63) is 0 Å². The summed E-state index contributed by atoms with van der Waals surface area (Å²) in [6, 6.07) is 0. The van der Waals surface area contributed by atoms with E-state index in [2.05, 4.69) is 25.7 Å². The molecule has 0 saturated carbocycles. The molecule has 0 fully saturated rings. The van der Waals surface area contributed by atoms with Crippen LogP contribution in [-0.2, 0) is 0 Å². The largest absolute Gasteiger partial charge is 0.395 e. The summed E-state index contributed by atoms with van der Waals surface area (Å²) in [5, 5.41) is 8.94. The van der Waals surface area contributed by atoms with E-state index in [1.807, 2.05) is 0 Å². The number of nitrogens with two attached hydrogens (primary N) is 1. The second-order valence-electron chi connectivity index (χ2n) is 3.77. The minimum atomic E-state index is 0.0543. The summed E-state index contributed by atoms with van der Waals surface area (Å²) in [5.74, 6) is 0. The van der Waals surface area contributed by atoms with Crippen molar-refractivity contribution in [2.75, 3.05) is 26.2 Å². The number of rotatable bonds is 7. The van der Waals surface area contributed by atoms with E-state index in [-0.39, 0.29) is 12.1 Å². The van der Waals surface area contributed by atoms with Gasteiger partial charge in [0.1, 0.15) is 0 Å². The Morgan fingerprint density at radius 1 is 1.31 bits per heavy atom. The Balaban J connectivity index is 4.28. The van der Waals surface area contributed by atoms with E-state index in [4.69, 9.17) is 10.8 Å². The zero-order valence-corrected chi connectivity index (χ0v) is 9.21. The molecule has 0 radical (unpaired) electrons. The molecule has 0 amide bonds. The second-order valence-corrected chi connectivity index (χ2v) is 3.77. The van der Waals surface area contributed by atoms with Gasteiger partial charge in [-0.05, 0) is 26.3 Å². The molecular weight excluding hydrogens is 164 g/mol. The first-order valence-electron chi connectivity index (χ1n) is 5.20. The first kappa shape index (κ1) is 12.9. The summed E-state index contributed by atoms with van der Waals surface area (Å²) >= 11 is 0. The Morgan fingerprint density at radius 2 is 1.92 bits per heavy atom. The molecule has 1 atom stereocenters. The van der Waals surface area contributed by atoms with Gasteiger partial charge >= 0.3 is 0 Å². The van der Waals surface area contributed by atoms with Crippen LogP contribution in [0.4, 0.5) is 0 Å². The maximum Gasteiger partial charge on any atom is 0.0558 e. The van der Waals surface area contributed by atoms with Gasteiger partial charge in [0.2, 0.25) is 0 Å². The third-order valence-electron chi connectivity index (χ3n) is 2.83. The Kier molecular flexibility index (Phi) is 6.29. The predicted molar refractivity (Wildman–Crippen MR) is 56.7 cm³/mol. The molecule has 80 valence electrons. The SMILES string of the molecule is CCCN(CCO)C(C)(CC)CN. The molecule has 0 aromatic heterocycles. The van der Waals surface area contributed by atoms with Gasteiger partial charge in [-0.25, -0.2) is 0 Å². The number of aliphatic hydroxyl groups is 1. The van der Waals surface area contributed by atoms with Gasteiger partial charge in [0.25, 0.3) is 0 Å². The van der Waals surface area contributed by atoms with Crippen LogP contribution in [0.2, 0.25) is 0 Å². The molecule has 0 rings (SSSR count). The summed E-state index contributed by atoms with van der Waals surface area (Å²) < 4.78 is 0. The fourth-order valence-electron chi connectivity index (χ4n) is 1.54. The maximum absolute atomic E-state index is 8.94. The van der Waals surface area contributed by atoms with Gasteiger partial charge in [-0.2, -0.15) is 0 Å². The standard InChI is InChI=1S/C10H24N2O/c1-4-6-12(7-8-13)10(3,5-2)9-11/h13H,4-9,11H2,1-3H3. The fraction of sp³-hybridized carbons (Fsp3) is 1.00. The van der Waals surface area contributed by atoms with Crippen LogP contribution in [0, 0.1) is 0 Å². The summed E-state index contributed by atoms with van der Waals surface area (Å²) in [5.41, 5.74) is 5.81. The number of aliphatic hydroxyl groups excluding tert-OH is 1. The molecule has 3 heteroatoms. The molecule has 0 bridgehead atoms. The van der Waals surface area contributed by atoms with Crippen molar-refractivity contribution < 1.29 is 5.11 Å². The predicted octanol–water partition coefficient (Wildman–Crippen LogP) is 0.818. The first-order chi connectivity index (χ1) is 6.14. The van der Waals surface area contributed by atoms with Crippen molar-refractivity contribution in [3.63, 3.8) is 0 Å².